The van der Waals surface area contributed by atoms with Gasteiger partial charge in [0.1, 0.15) is 6.07 Å². The number of fused-ring (bicyclic) bond motifs is 1. The molecule has 1 aliphatic rings. The molecule has 2 aromatic heterocycles. The van der Waals surface area contributed by atoms with Crippen LogP contribution in [0.25, 0.3) is 10.6 Å². The van der Waals surface area contributed by atoms with Gasteiger partial charge in [0.2, 0.25) is 11.8 Å². The van der Waals surface area contributed by atoms with Crippen molar-refractivity contribution in [2.24, 2.45) is 5.73 Å². The maximum atomic E-state index is 9.41. The number of ether oxygens (including phenoxy) is 1. The highest BCUT2D eigenvalue weighted by Crippen LogP contribution is 2.44. The van der Waals surface area contributed by atoms with Gasteiger partial charge < -0.3 is 10.5 Å². The molecule has 7 heteroatoms. The zero-order chi connectivity index (χ0) is 14.8. The molecule has 3 N–H and O–H groups in total. The van der Waals surface area contributed by atoms with Crippen LogP contribution in [0.3, 0.4) is 0 Å². The van der Waals surface area contributed by atoms with Crippen molar-refractivity contribution in [2.75, 3.05) is 12.0 Å². The molecular formula is C14H14N4OS2. The minimum Gasteiger partial charge on any atom is -0.420 e. The second-order valence-electron chi connectivity index (χ2n) is 4.62. The number of allylic oxidation sites excluding steroid dienone is 1. The number of H-pyrrole nitrogens is 1. The van der Waals surface area contributed by atoms with E-state index in [1.54, 1.807) is 23.1 Å². The van der Waals surface area contributed by atoms with E-state index in [9.17, 15) is 5.26 Å². The Morgan fingerprint density at radius 3 is 3.14 bits per heavy atom. The molecule has 0 bridgehead atoms. The Hall–Kier alpha value is -1.91. The molecule has 1 atom stereocenters. The number of hydrogen-bond acceptors (Lipinski definition) is 6. The highest BCUT2D eigenvalue weighted by atomic mass is 32.2. The summed E-state index contributed by atoms with van der Waals surface area (Å²) in [6.07, 6.45) is 2.88. The fraction of sp³-hybridized carbons (Fsp3) is 0.286. The van der Waals surface area contributed by atoms with Gasteiger partial charge in [-0.3, -0.25) is 5.10 Å². The summed E-state index contributed by atoms with van der Waals surface area (Å²) in [5.41, 5.74) is 8.23. The minimum absolute atomic E-state index is 0.0675. The highest BCUT2D eigenvalue weighted by molar-refractivity contribution is 7.98. The van der Waals surface area contributed by atoms with Crippen LogP contribution in [-0.4, -0.2) is 22.2 Å². The third-order valence-electron chi connectivity index (χ3n) is 3.44. The third-order valence-corrected chi connectivity index (χ3v) is 4.97. The Labute approximate surface area is 130 Å². The van der Waals surface area contributed by atoms with Gasteiger partial charge in [-0.15, -0.1) is 16.4 Å². The smallest absolute Gasteiger partial charge is 0.244 e. The molecule has 21 heavy (non-hydrogen) atoms. The van der Waals surface area contributed by atoms with E-state index in [2.05, 4.69) is 22.5 Å². The molecule has 0 amide bonds. The third kappa shape index (κ3) is 2.41. The lowest BCUT2D eigenvalue weighted by molar-refractivity contribution is 0.373. The van der Waals surface area contributed by atoms with E-state index in [1.807, 2.05) is 17.5 Å². The Kier molecular flexibility index (Phi) is 3.90. The molecule has 0 aliphatic carbocycles. The summed E-state index contributed by atoms with van der Waals surface area (Å²) in [7, 11) is 0. The van der Waals surface area contributed by atoms with Crippen LogP contribution in [0.1, 0.15) is 17.9 Å². The first-order chi connectivity index (χ1) is 10.3. The number of nitrogens with zero attached hydrogens (tertiary/aromatic N) is 2. The molecule has 3 rings (SSSR count). The molecular weight excluding hydrogens is 304 g/mol. The fourth-order valence-corrected chi connectivity index (χ4v) is 3.68. The topological polar surface area (TPSA) is 87.7 Å². The Morgan fingerprint density at radius 1 is 1.62 bits per heavy atom. The predicted octanol–water partition coefficient (Wildman–Crippen LogP) is 3.06. The SMILES string of the molecule is CSCC[C@@H]1C(C#N)=C(N)Oc2n[nH]c(-c3cccs3)c21. The lowest BCUT2D eigenvalue weighted by Crippen LogP contribution is -2.20. The molecule has 2 aromatic rings. The van der Waals surface area contributed by atoms with Gasteiger partial charge in [-0.05, 0) is 29.9 Å². The zero-order valence-electron chi connectivity index (χ0n) is 11.4. The number of hydrogen-bond donors (Lipinski definition) is 2. The summed E-state index contributed by atoms with van der Waals surface area (Å²) in [6, 6.07) is 6.21. The van der Waals surface area contributed by atoms with Crippen molar-refractivity contribution in [1.82, 2.24) is 10.2 Å². The summed E-state index contributed by atoms with van der Waals surface area (Å²) in [5.74, 6) is 1.53. The fourth-order valence-electron chi connectivity index (χ4n) is 2.48. The van der Waals surface area contributed by atoms with Gasteiger partial charge in [-0.2, -0.15) is 17.0 Å². The van der Waals surface area contributed by atoms with E-state index in [0.29, 0.717) is 11.5 Å². The standard InChI is InChI=1S/C14H14N4OS2/c1-20-6-4-8-9(7-15)13(16)19-14-11(8)12(17-18-14)10-3-2-5-21-10/h2-3,5,8H,4,6,16H2,1H3,(H,17,18)/t8-/m1/s1. The monoisotopic (exact) mass is 318 g/mol. The first-order valence-corrected chi connectivity index (χ1v) is 8.72. The number of rotatable bonds is 4. The first kappa shape index (κ1) is 14.0. The minimum atomic E-state index is -0.0675. The molecule has 0 radical (unpaired) electrons. The van der Waals surface area contributed by atoms with Crippen molar-refractivity contribution in [3.8, 4) is 22.5 Å². The van der Waals surface area contributed by atoms with Crippen LogP contribution in [-0.2, 0) is 0 Å². The van der Waals surface area contributed by atoms with Crippen LogP contribution in [0.15, 0.2) is 29.0 Å². The van der Waals surface area contributed by atoms with Crippen LogP contribution in [0.5, 0.6) is 5.88 Å². The van der Waals surface area contributed by atoms with Gasteiger partial charge in [0.05, 0.1) is 21.7 Å². The van der Waals surface area contributed by atoms with Crippen molar-refractivity contribution < 1.29 is 4.74 Å². The van der Waals surface area contributed by atoms with Crippen LogP contribution >= 0.6 is 23.1 Å². The number of thioether (sulfide) groups is 1. The number of nitriles is 1. The van der Waals surface area contributed by atoms with Crippen LogP contribution < -0.4 is 10.5 Å². The molecule has 0 spiro atoms. The molecule has 0 aromatic carbocycles. The second-order valence-corrected chi connectivity index (χ2v) is 6.55. The molecule has 0 saturated heterocycles. The summed E-state index contributed by atoms with van der Waals surface area (Å²) >= 11 is 3.37. The summed E-state index contributed by atoms with van der Waals surface area (Å²) in [6.45, 7) is 0. The summed E-state index contributed by atoms with van der Waals surface area (Å²) < 4.78 is 5.51. The largest absolute Gasteiger partial charge is 0.420 e. The Bertz CT molecular complexity index is 712. The van der Waals surface area contributed by atoms with Crippen molar-refractivity contribution in [1.29, 1.82) is 5.26 Å². The van der Waals surface area contributed by atoms with Gasteiger partial charge >= 0.3 is 0 Å². The van der Waals surface area contributed by atoms with Gasteiger partial charge in [-0.1, -0.05) is 6.07 Å². The van der Waals surface area contributed by atoms with Crippen LogP contribution in [0, 0.1) is 11.3 Å². The molecule has 0 unspecified atom stereocenters. The van der Waals surface area contributed by atoms with Gasteiger partial charge in [0.25, 0.3) is 0 Å². The normalized spacial score (nSPS) is 17.2. The average molecular weight is 318 g/mol. The number of aromatic amines is 1. The van der Waals surface area contributed by atoms with Crippen LogP contribution in [0.4, 0.5) is 0 Å². The quantitative estimate of drug-likeness (QED) is 0.904. The van der Waals surface area contributed by atoms with E-state index in [1.165, 1.54) is 0 Å². The highest BCUT2D eigenvalue weighted by Gasteiger charge is 2.34. The van der Waals surface area contributed by atoms with E-state index in [-0.39, 0.29) is 11.8 Å². The van der Waals surface area contributed by atoms with E-state index in [0.717, 1.165) is 28.3 Å². The second kappa shape index (κ2) is 5.84. The maximum absolute atomic E-state index is 9.41. The average Bonchev–Trinajstić information content (AvgIpc) is 3.12. The maximum Gasteiger partial charge on any atom is 0.244 e. The Morgan fingerprint density at radius 2 is 2.48 bits per heavy atom. The van der Waals surface area contributed by atoms with Crippen molar-refractivity contribution in [3.63, 3.8) is 0 Å². The molecule has 1 aliphatic heterocycles. The van der Waals surface area contributed by atoms with Gasteiger partial charge in [0, 0.05) is 5.92 Å². The molecule has 0 fully saturated rings. The number of nitrogens with one attached hydrogen (secondary N) is 1. The summed E-state index contributed by atoms with van der Waals surface area (Å²) in [4.78, 5) is 1.08. The van der Waals surface area contributed by atoms with E-state index >= 15 is 0 Å². The number of aromatic nitrogens is 2. The van der Waals surface area contributed by atoms with E-state index in [4.69, 9.17) is 10.5 Å². The van der Waals surface area contributed by atoms with Crippen molar-refractivity contribution in [2.45, 2.75) is 12.3 Å². The van der Waals surface area contributed by atoms with Gasteiger partial charge in [-0.25, -0.2) is 0 Å². The summed E-state index contributed by atoms with van der Waals surface area (Å²) in [5, 5.41) is 18.7. The molecule has 3 heterocycles. The predicted molar refractivity (Wildman–Crippen MR) is 85.1 cm³/mol. The van der Waals surface area contributed by atoms with Gasteiger partial charge in [0.15, 0.2) is 0 Å². The molecule has 0 saturated carbocycles. The lowest BCUT2D eigenvalue weighted by Gasteiger charge is -2.23. The zero-order valence-corrected chi connectivity index (χ0v) is 13.1. The van der Waals surface area contributed by atoms with Crippen molar-refractivity contribution in [3.05, 3.63) is 34.5 Å². The number of thiophene rings is 1. The van der Waals surface area contributed by atoms with E-state index < -0.39 is 0 Å². The molecule has 108 valence electrons. The lowest BCUT2D eigenvalue weighted by atomic mass is 9.87. The first-order valence-electron chi connectivity index (χ1n) is 6.45. The Balaban J connectivity index is 2.10. The number of nitrogens with two attached hydrogens (primary N) is 1. The molecule has 5 nitrogen and oxygen atoms in total. The van der Waals surface area contributed by atoms with Crippen LogP contribution in [0.2, 0.25) is 0 Å². The van der Waals surface area contributed by atoms with Crippen molar-refractivity contribution >= 4 is 23.1 Å².